The van der Waals surface area contributed by atoms with Crippen molar-refractivity contribution >= 4 is 46.1 Å². The van der Waals surface area contributed by atoms with Crippen LogP contribution in [0.1, 0.15) is 15.2 Å². The molecule has 0 unspecified atom stereocenters. The molecule has 0 saturated heterocycles. The number of hydrogen-bond donors (Lipinski definition) is 1. The Hall–Kier alpha value is -2.83. The lowest BCUT2D eigenvalue weighted by Gasteiger charge is -2.30. The molecular weight excluding hydrogens is 384 g/mol. The number of fused-ring (bicyclic) bond motifs is 1. The molecule has 136 valence electrons. The third-order valence-corrected chi connectivity index (χ3v) is 5.37. The maximum atomic E-state index is 12.4. The van der Waals surface area contributed by atoms with Crippen LogP contribution >= 0.6 is 22.9 Å². The fourth-order valence-corrected chi connectivity index (χ4v) is 3.79. The van der Waals surface area contributed by atoms with Gasteiger partial charge in [-0.1, -0.05) is 41.9 Å². The minimum Gasteiger partial charge on any atom is -0.482 e. The highest BCUT2D eigenvalue weighted by atomic mass is 35.5. The number of ether oxygens (including phenoxy) is 1. The number of hydrogen-bond acceptors (Lipinski definition) is 4. The first-order chi connectivity index (χ1) is 13.1. The number of amides is 2. The molecule has 27 heavy (non-hydrogen) atoms. The molecular formula is C20H15ClN2O3S. The van der Waals surface area contributed by atoms with Crippen molar-refractivity contribution in [1.29, 1.82) is 0 Å². The van der Waals surface area contributed by atoms with Gasteiger partial charge in [-0.3, -0.25) is 9.59 Å². The van der Waals surface area contributed by atoms with Crippen LogP contribution in [0.2, 0.25) is 4.34 Å². The van der Waals surface area contributed by atoms with Gasteiger partial charge in [-0.15, -0.1) is 11.3 Å². The second-order valence-corrected chi connectivity index (χ2v) is 7.71. The van der Waals surface area contributed by atoms with E-state index in [1.54, 1.807) is 35.2 Å². The zero-order chi connectivity index (χ0) is 18.8. The number of carbonyl (C=O) groups is 2. The van der Waals surface area contributed by atoms with Gasteiger partial charge in [0.25, 0.3) is 11.8 Å². The molecule has 0 spiro atoms. The number of rotatable bonds is 4. The van der Waals surface area contributed by atoms with Gasteiger partial charge >= 0.3 is 0 Å². The molecule has 5 nitrogen and oxygen atoms in total. The van der Waals surface area contributed by atoms with Gasteiger partial charge in [0.1, 0.15) is 5.75 Å². The molecule has 1 aromatic heterocycles. The van der Waals surface area contributed by atoms with E-state index >= 15 is 0 Å². The van der Waals surface area contributed by atoms with E-state index in [1.807, 2.05) is 30.3 Å². The lowest BCUT2D eigenvalue weighted by Crippen LogP contribution is -2.38. The first-order valence-electron chi connectivity index (χ1n) is 8.28. The fraction of sp³-hybridized carbons (Fsp3) is 0.100. The standard InChI is InChI=1S/C20H15ClN2O3S/c21-18-9-8-17(27-18)20(25)22-14-6-7-16-15(10-14)23(19(24)12-26-16)11-13-4-2-1-3-5-13/h1-10H,11-12H2,(H,22,25). The molecule has 2 aromatic carbocycles. The highest BCUT2D eigenvalue weighted by Crippen LogP contribution is 2.35. The molecule has 0 bridgehead atoms. The van der Waals surface area contributed by atoms with E-state index in [4.69, 9.17) is 16.3 Å². The van der Waals surface area contributed by atoms with Crippen LogP contribution in [0.5, 0.6) is 5.75 Å². The van der Waals surface area contributed by atoms with Gasteiger partial charge in [-0.05, 0) is 35.9 Å². The second-order valence-electron chi connectivity index (χ2n) is 5.99. The topological polar surface area (TPSA) is 58.6 Å². The lowest BCUT2D eigenvalue weighted by molar-refractivity contribution is -0.121. The summed E-state index contributed by atoms with van der Waals surface area (Å²) in [6.45, 7) is 0.438. The van der Waals surface area contributed by atoms with Crippen molar-refractivity contribution in [3.63, 3.8) is 0 Å². The average molecular weight is 399 g/mol. The Balaban J connectivity index is 1.60. The van der Waals surface area contributed by atoms with Crippen molar-refractivity contribution in [2.75, 3.05) is 16.8 Å². The molecule has 1 aliphatic rings. The quantitative estimate of drug-likeness (QED) is 0.699. The van der Waals surface area contributed by atoms with Crippen molar-refractivity contribution in [1.82, 2.24) is 0 Å². The predicted octanol–water partition coefficient (Wildman–Crippen LogP) is 4.58. The summed E-state index contributed by atoms with van der Waals surface area (Å²) in [7, 11) is 0. The van der Waals surface area contributed by atoms with Crippen molar-refractivity contribution in [2.24, 2.45) is 0 Å². The number of anilines is 2. The van der Waals surface area contributed by atoms with E-state index in [0.717, 1.165) is 5.56 Å². The number of halogens is 1. The Bertz CT molecular complexity index is 1000. The normalized spacial score (nSPS) is 13.1. The van der Waals surface area contributed by atoms with E-state index in [1.165, 1.54) is 11.3 Å². The third kappa shape index (κ3) is 3.82. The molecule has 2 amide bonds. The monoisotopic (exact) mass is 398 g/mol. The Morgan fingerprint density at radius 3 is 2.70 bits per heavy atom. The van der Waals surface area contributed by atoms with Crippen molar-refractivity contribution in [3.8, 4) is 5.75 Å². The summed E-state index contributed by atoms with van der Waals surface area (Å²) in [6, 6.07) is 18.4. The Kier molecular flexibility index (Phi) is 4.83. The van der Waals surface area contributed by atoms with Crippen LogP contribution in [0.25, 0.3) is 0 Å². The van der Waals surface area contributed by atoms with Crippen LogP contribution in [-0.2, 0) is 11.3 Å². The summed E-state index contributed by atoms with van der Waals surface area (Å²) in [5.41, 5.74) is 2.23. The van der Waals surface area contributed by atoms with Crippen molar-refractivity contribution in [2.45, 2.75) is 6.54 Å². The maximum absolute atomic E-state index is 12.4. The molecule has 7 heteroatoms. The Morgan fingerprint density at radius 1 is 1.15 bits per heavy atom. The summed E-state index contributed by atoms with van der Waals surface area (Å²) in [5, 5.41) is 2.84. The predicted molar refractivity (Wildman–Crippen MR) is 107 cm³/mol. The van der Waals surface area contributed by atoms with Crippen LogP contribution in [0.3, 0.4) is 0 Å². The zero-order valence-electron chi connectivity index (χ0n) is 14.1. The Morgan fingerprint density at radius 2 is 1.96 bits per heavy atom. The first kappa shape index (κ1) is 17.6. The van der Waals surface area contributed by atoms with E-state index in [0.29, 0.717) is 32.9 Å². The molecule has 0 atom stereocenters. The fourth-order valence-electron chi connectivity index (χ4n) is 2.85. The largest absolute Gasteiger partial charge is 0.482 e. The molecule has 2 heterocycles. The number of carbonyl (C=O) groups excluding carboxylic acids is 2. The van der Waals surface area contributed by atoms with Gasteiger partial charge in [0.15, 0.2) is 6.61 Å². The number of nitrogens with zero attached hydrogens (tertiary/aromatic N) is 1. The number of thiophene rings is 1. The van der Waals surface area contributed by atoms with Crippen molar-refractivity contribution in [3.05, 3.63) is 75.4 Å². The van der Waals surface area contributed by atoms with Crippen LogP contribution in [0, 0.1) is 0 Å². The van der Waals surface area contributed by atoms with Crippen LogP contribution < -0.4 is 15.0 Å². The lowest BCUT2D eigenvalue weighted by atomic mass is 10.1. The highest BCUT2D eigenvalue weighted by Gasteiger charge is 2.26. The summed E-state index contributed by atoms with van der Waals surface area (Å²) < 4.78 is 6.09. The molecule has 0 fully saturated rings. The smallest absolute Gasteiger partial charge is 0.265 e. The summed E-state index contributed by atoms with van der Waals surface area (Å²) in [4.78, 5) is 27.0. The van der Waals surface area contributed by atoms with Gasteiger partial charge < -0.3 is 15.0 Å². The average Bonchev–Trinajstić information content (AvgIpc) is 3.12. The van der Waals surface area contributed by atoms with Gasteiger partial charge in [-0.2, -0.15) is 0 Å². The molecule has 0 saturated carbocycles. The van der Waals surface area contributed by atoms with E-state index in [-0.39, 0.29) is 18.4 Å². The number of benzene rings is 2. The van der Waals surface area contributed by atoms with E-state index in [9.17, 15) is 9.59 Å². The molecule has 3 aromatic rings. The molecule has 4 rings (SSSR count). The minimum absolute atomic E-state index is 0.000760. The van der Waals surface area contributed by atoms with Gasteiger partial charge in [0.05, 0.1) is 21.4 Å². The number of nitrogens with one attached hydrogen (secondary N) is 1. The SMILES string of the molecule is O=C(Nc1ccc2c(c1)N(Cc1ccccc1)C(=O)CO2)c1ccc(Cl)s1. The second kappa shape index (κ2) is 7.42. The van der Waals surface area contributed by atoms with Crippen LogP contribution in [0.15, 0.2) is 60.7 Å². The third-order valence-electron chi connectivity index (χ3n) is 4.14. The summed E-state index contributed by atoms with van der Waals surface area (Å²) in [6.07, 6.45) is 0. The van der Waals surface area contributed by atoms with E-state index in [2.05, 4.69) is 5.32 Å². The van der Waals surface area contributed by atoms with Crippen LogP contribution in [-0.4, -0.2) is 18.4 Å². The van der Waals surface area contributed by atoms with E-state index < -0.39 is 0 Å². The van der Waals surface area contributed by atoms with Crippen molar-refractivity contribution < 1.29 is 14.3 Å². The molecule has 1 aliphatic heterocycles. The van der Waals surface area contributed by atoms with Gasteiger partial charge in [0.2, 0.25) is 0 Å². The molecule has 1 N–H and O–H groups in total. The molecule has 0 aliphatic carbocycles. The first-order valence-corrected chi connectivity index (χ1v) is 9.47. The minimum atomic E-state index is -0.246. The van der Waals surface area contributed by atoms with Gasteiger partial charge in [-0.25, -0.2) is 0 Å². The Labute approximate surface area is 165 Å². The van der Waals surface area contributed by atoms with Gasteiger partial charge in [0, 0.05) is 5.69 Å². The zero-order valence-corrected chi connectivity index (χ0v) is 15.7. The summed E-state index contributed by atoms with van der Waals surface area (Å²) >= 11 is 7.10. The van der Waals surface area contributed by atoms with Crippen LogP contribution in [0.4, 0.5) is 11.4 Å². The highest BCUT2D eigenvalue weighted by molar-refractivity contribution is 7.18. The maximum Gasteiger partial charge on any atom is 0.265 e. The summed E-state index contributed by atoms with van der Waals surface area (Å²) in [5.74, 6) is 0.243. The molecule has 0 radical (unpaired) electrons.